The van der Waals surface area contributed by atoms with E-state index in [-0.39, 0.29) is 6.10 Å². The third kappa shape index (κ3) is 2.49. The van der Waals surface area contributed by atoms with Gasteiger partial charge in [-0.3, -0.25) is 4.68 Å². The first kappa shape index (κ1) is 10.4. The van der Waals surface area contributed by atoms with Gasteiger partial charge in [0.05, 0.1) is 19.3 Å². The standard InChI is InChI=1S/C10H18N4O/c1-8-5-14(12-10(8)11)7-9-6-13(2)3-4-15-9/h5,9H,3-4,6-7H2,1-2H3,(H2,11,12). The fourth-order valence-electron chi connectivity index (χ4n) is 1.82. The highest BCUT2D eigenvalue weighted by atomic mass is 16.5. The Kier molecular flexibility index (Phi) is 2.93. The van der Waals surface area contributed by atoms with Crippen LogP contribution >= 0.6 is 0 Å². The highest BCUT2D eigenvalue weighted by Gasteiger charge is 2.18. The lowest BCUT2D eigenvalue weighted by atomic mass is 10.3. The average Bonchev–Trinajstić information content (AvgIpc) is 2.45. The van der Waals surface area contributed by atoms with Gasteiger partial charge in [-0.2, -0.15) is 5.10 Å². The molecule has 1 saturated heterocycles. The van der Waals surface area contributed by atoms with E-state index in [1.165, 1.54) is 0 Å². The first-order valence-electron chi connectivity index (χ1n) is 5.25. The van der Waals surface area contributed by atoms with Crippen LogP contribution in [0.4, 0.5) is 5.82 Å². The monoisotopic (exact) mass is 210 g/mol. The maximum atomic E-state index is 5.69. The molecule has 0 aliphatic carbocycles. The molecule has 1 aliphatic rings. The Bertz CT molecular complexity index is 317. The minimum atomic E-state index is 0.224. The van der Waals surface area contributed by atoms with Crippen LogP contribution in [0.2, 0.25) is 0 Å². The van der Waals surface area contributed by atoms with Crippen molar-refractivity contribution < 1.29 is 4.74 Å². The van der Waals surface area contributed by atoms with Gasteiger partial charge in [0.15, 0.2) is 0 Å². The van der Waals surface area contributed by atoms with E-state index >= 15 is 0 Å². The number of hydrogen-bond donors (Lipinski definition) is 1. The lowest BCUT2D eigenvalue weighted by molar-refractivity contribution is -0.0290. The van der Waals surface area contributed by atoms with Crippen molar-refractivity contribution in [1.82, 2.24) is 14.7 Å². The summed E-state index contributed by atoms with van der Waals surface area (Å²) in [7, 11) is 2.11. The van der Waals surface area contributed by atoms with Crippen LogP contribution in [0.15, 0.2) is 6.20 Å². The van der Waals surface area contributed by atoms with E-state index in [9.17, 15) is 0 Å². The molecule has 0 saturated carbocycles. The van der Waals surface area contributed by atoms with Crippen molar-refractivity contribution in [2.24, 2.45) is 0 Å². The highest BCUT2D eigenvalue weighted by Crippen LogP contribution is 2.10. The van der Waals surface area contributed by atoms with Gasteiger partial charge in [-0.05, 0) is 14.0 Å². The van der Waals surface area contributed by atoms with E-state index in [2.05, 4.69) is 17.0 Å². The molecule has 2 N–H and O–H groups in total. The molecule has 1 aromatic heterocycles. The summed E-state index contributed by atoms with van der Waals surface area (Å²) in [5.74, 6) is 0.610. The van der Waals surface area contributed by atoms with Gasteiger partial charge in [0, 0.05) is 24.8 Å². The molecule has 1 unspecified atom stereocenters. The minimum Gasteiger partial charge on any atom is -0.382 e. The predicted molar refractivity (Wildman–Crippen MR) is 58.6 cm³/mol. The van der Waals surface area contributed by atoms with Crippen molar-refractivity contribution in [3.8, 4) is 0 Å². The van der Waals surface area contributed by atoms with Crippen LogP contribution in [0.3, 0.4) is 0 Å². The van der Waals surface area contributed by atoms with E-state index in [1.54, 1.807) is 0 Å². The van der Waals surface area contributed by atoms with Crippen molar-refractivity contribution in [2.75, 3.05) is 32.5 Å². The normalized spacial score (nSPS) is 23.2. The molecule has 2 rings (SSSR count). The average molecular weight is 210 g/mol. The van der Waals surface area contributed by atoms with Crippen LogP contribution in [-0.4, -0.2) is 47.5 Å². The second-order valence-electron chi connectivity index (χ2n) is 4.17. The van der Waals surface area contributed by atoms with Gasteiger partial charge in [-0.1, -0.05) is 0 Å². The Hall–Kier alpha value is -1.07. The summed E-state index contributed by atoms with van der Waals surface area (Å²) >= 11 is 0. The Balaban J connectivity index is 1.96. The Labute approximate surface area is 89.8 Å². The third-order valence-corrected chi connectivity index (χ3v) is 2.72. The van der Waals surface area contributed by atoms with Gasteiger partial charge in [0.2, 0.25) is 0 Å². The molecule has 1 aliphatic heterocycles. The SMILES string of the molecule is Cc1cn(CC2CN(C)CCO2)nc1N. The molecular formula is C10H18N4O. The largest absolute Gasteiger partial charge is 0.382 e. The van der Waals surface area contributed by atoms with E-state index in [4.69, 9.17) is 10.5 Å². The van der Waals surface area contributed by atoms with Gasteiger partial charge in [0.25, 0.3) is 0 Å². The lowest BCUT2D eigenvalue weighted by Gasteiger charge is -2.29. The number of ether oxygens (including phenoxy) is 1. The van der Waals surface area contributed by atoms with Crippen LogP contribution in [0.1, 0.15) is 5.56 Å². The number of rotatable bonds is 2. The number of nitrogen functional groups attached to an aromatic ring is 1. The molecule has 0 radical (unpaired) electrons. The molecular weight excluding hydrogens is 192 g/mol. The summed E-state index contributed by atoms with van der Waals surface area (Å²) in [6, 6.07) is 0. The van der Waals surface area contributed by atoms with Crippen LogP contribution in [-0.2, 0) is 11.3 Å². The molecule has 1 fully saturated rings. The molecule has 1 atom stereocenters. The van der Waals surface area contributed by atoms with Crippen LogP contribution in [0.25, 0.3) is 0 Å². The molecule has 0 aromatic carbocycles. The van der Waals surface area contributed by atoms with E-state index in [0.29, 0.717) is 5.82 Å². The summed E-state index contributed by atoms with van der Waals surface area (Å²) in [6.45, 7) is 5.52. The summed E-state index contributed by atoms with van der Waals surface area (Å²) < 4.78 is 7.53. The second kappa shape index (κ2) is 4.20. The minimum absolute atomic E-state index is 0.224. The highest BCUT2D eigenvalue weighted by molar-refractivity contribution is 5.35. The molecule has 15 heavy (non-hydrogen) atoms. The second-order valence-corrected chi connectivity index (χ2v) is 4.17. The summed E-state index contributed by atoms with van der Waals surface area (Å²) in [5, 5.41) is 4.23. The van der Waals surface area contributed by atoms with E-state index < -0.39 is 0 Å². The molecule has 0 spiro atoms. The van der Waals surface area contributed by atoms with Crippen molar-refractivity contribution in [1.29, 1.82) is 0 Å². The number of nitrogens with two attached hydrogens (primary N) is 1. The molecule has 5 nitrogen and oxygen atoms in total. The number of anilines is 1. The van der Waals surface area contributed by atoms with E-state index in [0.717, 1.165) is 31.8 Å². The maximum absolute atomic E-state index is 5.69. The number of likely N-dealkylation sites (N-methyl/N-ethyl adjacent to an activating group) is 1. The van der Waals surface area contributed by atoms with Crippen LogP contribution in [0, 0.1) is 6.92 Å². The molecule has 0 bridgehead atoms. The first-order valence-corrected chi connectivity index (χ1v) is 5.25. The fourth-order valence-corrected chi connectivity index (χ4v) is 1.82. The molecule has 84 valence electrons. The van der Waals surface area contributed by atoms with Crippen molar-refractivity contribution in [3.05, 3.63) is 11.8 Å². The third-order valence-electron chi connectivity index (χ3n) is 2.72. The first-order chi connectivity index (χ1) is 7.15. The maximum Gasteiger partial charge on any atom is 0.148 e. The Morgan fingerprint density at radius 2 is 2.47 bits per heavy atom. The van der Waals surface area contributed by atoms with E-state index in [1.807, 2.05) is 17.8 Å². The smallest absolute Gasteiger partial charge is 0.148 e. The van der Waals surface area contributed by atoms with Gasteiger partial charge in [-0.15, -0.1) is 0 Å². The Morgan fingerprint density at radius 1 is 1.67 bits per heavy atom. The van der Waals surface area contributed by atoms with Gasteiger partial charge >= 0.3 is 0 Å². The number of aryl methyl sites for hydroxylation is 1. The van der Waals surface area contributed by atoms with Crippen LogP contribution < -0.4 is 5.73 Å². The molecule has 0 amide bonds. The summed E-state index contributed by atoms with van der Waals surface area (Å²) in [4.78, 5) is 2.27. The zero-order valence-electron chi connectivity index (χ0n) is 9.31. The number of aromatic nitrogens is 2. The zero-order chi connectivity index (χ0) is 10.8. The van der Waals surface area contributed by atoms with Gasteiger partial charge < -0.3 is 15.4 Å². The Morgan fingerprint density at radius 3 is 3.07 bits per heavy atom. The zero-order valence-corrected chi connectivity index (χ0v) is 9.31. The van der Waals surface area contributed by atoms with Crippen molar-refractivity contribution in [2.45, 2.75) is 19.6 Å². The predicted octanol–water partition coefficient (Wildman–Crippen LogP) is 0.104. The topological polar surface area (TPSA) is 56.3 Å². The van der Waals surface area contributed by atoms with Crippen molar-refractivity contribution >= 4 is 5.82 Å². The molecule has 2 heterocycles. The van der Waals surface area contributed by atoms with Crippen molar-refractivity contribution in [3.63, 3.8) is 0 Å². The number of morpholine rings is 1. The van der Waals surface area contributed by atoms with Crippen LogP contribution in [0.5, 0.6) is 0 Å². The number of hydrogen-bond acceptors (Lipinski definition) is 4. The molecule has 1 aromatic rings. The quantitative estimate of drug-likeness (QED) is 0.752. The lowest BCUT2D eigenvalue weighted by Crippen LogP contribution is -2.42. The summed E-state index contributed by atoms with van der Waals surface area (Å²) in [6.07, 6.45) is 2.19. The summed E-state index contributed by atoms with van der Waals surface area (Å²) in [5.41, 5.74) is 6.72. The van der Waals surface area contributed by atoms with Gasteiger partial charge in [0.1, 0.15) is 5.82 Å². The van der Waals surface area contributed by atoms with Gasteiger partial charge in [-0.25, -0.2) is 0 Å². The fraction of sp³-hybridized carbons (Fsp3) is 0.700. The number of nitrogens with zero attached hydrogens (tertiary/aromatic N) is 3. The molecule has 5 heteroatoms.